The van der Waals surface area contributed by atoms with Gasteiger partial charge >= 0.3 is 6.03 Å². The summed E-state index contributed by atoms with van der Waals surface area (Å²) in [7, 11) is 0. The monoisotopic (exact) mass is 478 g/mol. The molecule has 4 amide bonds. The number of carbonyl (C=O) groups excluding carboxylic acids is 3. The van der Waals surface area contributed by atoms with E-state index in [1.165, 1.54) is 0 Å². The summed E-state index contributed by atoms with van der Waals surface area (Å²) in [6.45, 7) is 3.58. The number of amides is 4. The van der Waals surface area contributed by atoms with Crippen molar-refractivity contribution < 1.29 is 23.9 Å². The van der Waals surface area contributed by atoms with Gasteiger partial charge in [0.05, 0.1) is 6.54 Å². The molecule has 2 atom stereocenters. The molecule has 2 saturated heterocycles. The molecular weight excluding hydrogens is 448 g/mol. The Balaban J connectivity index is 1.20. The van der Waals surface area contributed by atoms with E-state index in [1.54, 1.807) is 6.92 Å². The second kappa shape index (κ2) is 9.58. The molecule has 3 heterocycles. The summed E-state index contributed by atoms with van der Waals surface area (Å²) >= 11 is 0. The van der Waals surface area contributed by atoms with Gasteiger partial charge in [-0.05, 0) is 62.4 Å². The number of urea groups is 1. The zero-order valence-electron chi connectivity index (χ0n) is 19.8. The van der Waals surface area contributed by atoms with Crippen molar-refractivity contribution in [3.8, 4) is 11.5 Å². The van der Waals surface area contributed by atoms with E-state index < -0.39 is 23.4 Å². The molecule has 0 aromatic heterocycles. The Morgan fingerprint density at radius 2 is 1.89 bits per heavy atom. The van der Waals surface area contributed by atoms with Gasteiger partial charge in [-0.15, -0.1) is 0 Å². The molecule has 9 nitrogen and oxygen atoms in total. The van der Waals surface area contributed by atoms with Crippen LogP contribution in [-0.4, -0.2) is 59.6 Å². The second-order valence-corrected chi connectivity index (χ2v) is 9.45. The fourth-order valence-electron chi connectivity index (χ4n) is 5.00. The highest BCUT2D eigenvalue weighted by atomic mass is 16.6. The highest BCUT2D eigenvalue weighted by Crippen LogP contribution is 2.37. The number of rotatable bonds is 7. The molecule has 0 spiro atoms. The molecular formula is C26H30N4O5. The topological polar surface area (TPSA) is 100 Å². The van der Waals surface area contributed by atoms with Crippen LogP contribution in [0, 0.1) is 0 Å². The molecule has 3 aliphatic heterocycles. The second-order valence-electron chi connectivity index (χ2n) is 9.45. The van der Waals surface area contributed by atoms with E-state index in [-0.39, 0.29) is 12.6 Å². The van der Waals surface area contributed by atoms with Crippen molar-refractivity contribution in [3.05, 3.63) is 59.7 Å². The van der Waals surface area contributed by atoms with Gasteiger partial charge < -0.3 is 14.8 Å². The molecule has 0 unspecified atom stereocenters. The number of fused-ring (bicyclic) bond motifs is 1. The van der Waals surface area contributed by atoms with Gasteiger partial charge in [0, 0.05) is 6.04 Å². The average molecular weight is 479 g/mol. The molecule has 0 radical (unpaired) electrons. The van der Waals surface area contributed by atoms with Crippen molar-refractivity contribution in [2.75, 3.05) is 26.3 Å². The maximum Gasteiger partial charge on any atom is 0.344 e. The normalized spacial score (nSPS) is 23.9. The van der Waals surface area contributed by atoms with Crippen LogP contribution in [0.3, 0.4) is 0 Å². The number of hydrazine groups is 1. The predicted octanol–water partition coefficient (Wildman–Crippen LogP) is 2.57. The van der Waals surface area contributed by atoms with Crippen LogP contribution in [0.15, 0.2) is 48.5 Å². The SMILES string of the molecule is C[C@@]1(CCc2ccccc2)NC(=O)N(NC(=O)CN2CCC[C@H]2c2ccc3c(c2)OCCO3)C1=O. The number of imide groups is 1. The van der Waals surface area contributed by atoms with E-state index in [9.17, 15) is 14.4 Å². The first kappa shape index (κ1) is 23.2. The van der Waals surface area contributed by atoms with Crippen LogP contribution in [0.5, 0.6) is 11.5 Å². The lowest BCUT2D eigenvalue weighted by molar-refractivity contribution is -0.139. The Kier molecular flexibility index (Phi) is 6.34. The Morgan fingerprint density at radius 3 is 2.69 bits per heavy atom. The number of hydrogen-bond donors (Lipinski definition) is 2. The summed E-state index contributed by atoms with van der Waals surface area (Å²) in [6.07, 6.45) is 2.93. The van der Waals surface area contributed by atoms with Crippen molar-refractivity contribution in [1.82, 2.24) is 20.7 Å². The van der Waals surface area contributed by atoms with E-state index in [1.807, 2.05) is 48.5 Å². The van der Waals surface area contributed by atoms with E-state index >= 15 is 0 Å². The Labute approximate surface area is 204 Å². The maximum absolute atomic E-state index is 13.0. The number of likely N-dealkylation sites (tertiary alicyclic amines) is 1. The van der Waals surface area contributed by atoms with Gasteiger partial charge in [0.2, 0.25) is 0 Å². The quantitative estimate of drug-likeness (QED) is 0.594. The van der Waals surface area contributed by atoms with E-state index in [2.05, 4.69) is 15.6 Å². The molecule has 2 aromatic rings. The fraction of sp³-hybridized carbons (Fsp3) is 0.423. The molecule has 35 heavy (non-hydrogen) atoms. The number of carbonyl (C=O) groups is 3. The van der Waals surface area contributed by atoms with Crippen LogP contribution < -0.4 is 20.2 Å². The molecule has 2 fully saturated rings. The van der Waals surface area contributed by atoms with Crippen LogP contribution in [0.4, 0.5) is 4.79 Å². The number of ether oxygens (including phenoxy) is 2. The van der Waals surface area contributed by atoms with Gasteiger partial charge in [-0.1, -0.05) is 36.4 Å². The summed E-state index contributed by atoms with van der Waals surface area (Å²) in [5.41, 5.74) is 3.60. The molecule has 0 saturated carbocycles. The van der Waals surface area contributed by atoms with Crippen molar-refractivity contribution in [3.63, 3.8) is 0 Å². The Morgan fingerprint density at radius 1 is 1.11 bits per heavy atom. The number of nitrogens with zero attached hydrogens (tertiary/aromatic N) is 2. The van der Waals surface area contributed by atoms with Crippen LogP contribution in [0.25, 0.3) is 0 Å². The number of nitrogens with one attached hydrogen (secondary N) is 2. The van der Waals surface area contributed by atoms with Crippen molar-refractivity contribution in [2.45, 2.75) is 44.2 Å². The van der Waals surface area contributed by atoms with E-state index in [0.29, 0.717) is 26.1 Å². The molecule has 2 aromatic carbocycles. The minimum atomic E-state index is -1.07. The zero-order chi connectivity index (χ0) is 24.4. The van der Waals surface area contributed by atoms with Crippen molar-refractivity contribution in [2.24, 2.45) is 0 Å². The van der Waals surface area contributed by atoms with E-state index in [4.69, 9.17) is 9.47 Å². The molecule has 0 aliphatic carbocycles. The maximum atomic E-state index is 13.0. The first-order valence-corrected chi connectivity index (χ1v) is 12.1. The van der Waals surface area contributed by atoms with Crippen LogP contribution >= 0.6 is 0 Å². The summed E-state index contributed by atoms with van der Waals surface area (Å²) in [6, 6.07) is 15.1. The molecule has 3 aliphatic rings. The van der Waals surface area contributed by atoms with Crippen molar-refractivity contribution >= 4 is 17.8 Å². The van der Waals surface area contributed by atoms with Crippen LogP contribution in [0.2, 0.25) is 0 Å². The van der Waals surface area contributed by atoms with E-state index in [0.717, 1.165) is 47.0 Å². The highest BCUT2D eigenvalue weighted by molar-refractivity contribution is 6.07. The lowest BCUT2D eigenvalue weighted by atomic mass is 9.93. The first-order valence-electron chi connectivity index (χ1n) is 12.1. The van der Waals surface area contributed by atoms with Crippen LogP contribution in [0.1, 0.15) is 43.4 Å². The Hall–Kier alpha value is -3.59. The average Bonchev–Trinajstić information content (AvgIpc) is 3.41. The first-order chi connectivity index (χ1) is 16.9. The standard InChI is InChI=1S/C26H30N4O5/c1-26(12-11-18-6-3-2-4-7-18)24(32)30(25(33)27-26)28-23(31)17-29-13-5-8-20(29)19-9-10-21-22(16-19)35-15-14-34-21/h2-4,6-7,9-10,16,20H,5,8,11-15,17H2,1H3,(H,27,33)(H,28,31)/t20-,26-/m0/s1. The largest absolute Gasteiger partial charge is 0.486 e. The summed E-state index contributed by atoms with van der Waals surface area (Å²) in [4.78, 5) is 40.5. The Bertz CT molecular complexity index is 1120. The third-order valence-electron chi connectivity index (χ3n) is 6.92. The number of benzene rings is 2. The number of hydrogen-bond acceptors (Lipinski definition) is 6. The zero-order valence-corrected chi connectivity index (χ0v) is 19.8. The summed E-state index contributed by atoms with van der Waals surface area (Å²) in [5, 5.41) is 3.57. The van der Waals surface area contributed by atoms with Crippen LogP contribution in [-0.2, 0) is 16.0 Å². The third kappa shape index (κ3) is 4.81. The molecule has 0 bridgehead atoms. The highest BCUT2D eigenvalue weighted by Gasteiger charge is 2.48. The molecule has 184 valence electrons. The van der Waals surface area contributed by atoms with Gasteiger partial charge in [0.1, 0.15) is 18.8 Å². The summed E-state index contributed by atoms with van der Waals surface area (Å²) in [5.74, 6) is 0.608. The summed E-state index contributed by atoms with van der Waals surface area (Å²) < 4.78 is 11.3. The minimum absolute atomic E-state index is 0.0517. The third-order valence-corrected chi connectivity index (χ3v) is 6.92. The molecule has 2 N–H and O–H groups in total. The van der Waals surface area contributed by atoms with Gasteiger partial charge in [0.25, 0.3) is 11.8 Å². The smallest absolute Gasteiger partial charge is 0.344 e. The van der Waals surface area contributed by atoms with Gasteiger partial charge in [-0.2, -0.15) is 5.01 Å². The number of aryl methyl sites for hydroxylation is 1. The van der Waals surface area contributed by atoms with Crippen molar-refractivity contribution in [1.29, 1.82) is 0 Å². The van der Waals surface area contributed by atoms with Gasteiger partial charge in [-0.25, -0.2) is 4.79 Å². The molecule has 9 heteroatoms. The minimum Gasteiger partial charge on any atom is -0.486 e. The lowest BCUT2D eigenvalue weighted by Gasteiger charge is -2.27. The van der Waals surface area contributed by atoms with Gasteiger partial charge in [0.15, 0.2) is 11.5 Å². The fourth-order valence-corrected chi connectivity index (χ4v) is 5.00. The van der Waals surface area contributed by atoms with Gasteiger partial charge in [-0.3, -0.25) is 19.9 Å². The molecule has 5 rings (SSSR count). The lowest BCUT2D eigenvalue weighted by Crippen LogP contribution is -2.51. The predicted molar refractivity (Wildman–Crippen MR) is 128 cm³/mol.